The van der Waals surface area contributed by atoms with Gasteiger partial charge in [0.15, 0.2) is 0 Å². The van der Waals surface area contributed by atoms with Crippen LogP contribution < -0.4 is 10.2 Å². The van der Waals surface area contributed by atoms with Crippen LogP contribution in [0.1, 0.15) is 11.4 Å². The topological polar surface area (TPSA) is 78.0 Å². The number of H-pyrrole nitrogens is 1. The van der Waals surface area contributed by atoms with E-state index in [9.17, 15) is 4.79 Å². The Labute approximate surface area is 95.8 Å². The fourth-order valence-electron chi connectivity index (χ4n) is 1.25. The lowest BCUT2D eigenvalue weighted by Crippen LogP contribution is -2.14. The van der Waals surface area contributed by atoms with Crippen LogP contribution in [0.5, 0.6) is 5.75 Å². The molecule has 0 saturated heterocycles. The Morgan fingerprint density at radius 1 is 1.44 bits per heavy atom. The first-order chi connectivity index (χ1) is 7.74. The average Bonchev–Trinajstić information content (AvgIpc) is 2.67. The lowest BCUT2D eigenvalue weighted by Gasteiger charge is -2.02. The van der Waals surface area contributed by atoms with E-state index in [4.69, 9.17) is 5.11 Å². The molecule has 0 radical (unpaired) electrons. The molecule has 3 N–H and O–H groups in total. The third-order valence-electron chi connectivity index (χ3n) is 2.00. The lowest BCUT2D eigenvalue weighted by atomic mass is 10.3. The first-order valence-electron chi connectivity index (χ1n) is 4.75. The van der Waals surface area contributed by atoms with Gasteiger partial charge in [-0.3, -0.25) is 9.78 Å². The Balaban J connectivity index is 1.84. The number of nitrogens with zero attached hydrogens (tertiary/aromatic N) is 1. The van der Waals surface area contributed by atoms with E-state index in [0.29, 0.717) is 13.1 Å². The number of pyridine rings is 1. The summed E-state index contributed by atoms with van der Waals surface area (Å²) in [5, 5.41) is 14.0. The van der Waals surface area contributed by atoms with Gasteiger partial charge < -0.3 is 15.4 Å². The van der Waals surface area contributed by atoms with Crippen molar-refractivity contribution in [1.82, 2.24) is 15.3 Å². The predicted octanol–water partition coefficient (Wildman–Crippen LogP) is 0.827. The molecule has 2 aromatic rings. The van der Waals surface area contributed by atoms with Crippen molar-refractivity contribution in [3.63, 3.8) is 0 Å². The fraction of sp³-hybridized carbons (Fsp3) is 0.200. The van der Waals surface area contributed by atoms with Crippen molar-refractivity contribution in [2.45, 2.75) is 13.1 Å². The number of hydrogen-bond acceptors (Lipinski definition) is 5. The van der Waals surface area contributed by atoms with Gasteiger partial charge in [-0.1, -0.05) is 11.3 Å². The Morgan fingerprint density at radius 3 is 2.94 bits per heavy atom. The van der Waals surface area contributed by atoms with Crippen LogP contribution in [0.3, 0.4) is 0 Å². The molecule has 0 aliphatic carbocycles. The van der Waals surface area contributed by atoms with Gasteiger partial charge in [-0.25, -0.2) is 0 Å². The molecule has 2 heterocycles. The molecule has 2 aromatic heterocycles. The van der Waals surface area contributed by atoms with E-state index < -0.39 is 0 Å². The number of hydrogen-bond donors (Lipinski definition) is 3. The van der Waals surface area contributed by atoms with Crippen LogP contribution >= 0.6 is 11.3 Å². The summed E-state index contributed by atoms with van der Waals surface area (Å²) < 4.78 is 0. The number of aromatic nitrogens is 2. The first kappa shape index (κ1) is 10.8. The highest BCUT2D eigenvalue weighted by atomic mass is 32.1. The minimum atomic E-state index is -0.0421. The summed E-state index contributed by atoms with van der Waals surface area (Å²) in [6, 6.07) is 3.34. The van der Waals surface area contributed by atoms with E-state index in [1.807, 2.05) is 0 Å². The molecule has 5 nitrogen and oxygen atoms in total. The van der Waals surface area contributed by atoms with Crippen molar-refractivity contribution in [3.8, 4) is 5.75 Å². The van der Waals surface area contributed by atoms with Crippen molar-refractivity contribution in [2.24, 2.45) is 0 Å². The maximum Gasteiger partial charge on any atom is 0.304 e. The van der Waals surface area contributed by atoms with E-state index in [1.54, 1.807) is 17.5 Å². The van der Waals surface area contributed by atoms with Crippen LogP contribution in [-0.2, 0) is 13.1 Å². The van der Waals surface area contributed by atoms with Crippen LogP contribution in [0, 0.1) is 0 Å². The summed E-state index contributed by atoms with van der Waals surface area (Å²) in [6.07, 6.45) is 1.41. The lowest BCUT2D eigenvalue weighted by molar-refractivity contribution is 0.471. The zero-order chi connectivity index (χ0) is 11.4. The third kappa shape index (κ3) is 2.91. The first-order valence-corrected chi connectivity index (χ1v) is 5.63. The monoisotopic (exact) mass is 237 g/mol. The van der Waals surface area contributed by atoms with Crippen LogP contribution in [0.15, 0.2) is 28.5 Å². The van der Waals surface area contributed by atoms with Gasteiger partial charge in [0.1, 0.15) is 5.75 Å². The molecule has 2 rings (SSSR count). The molecular weight excluding hydrogens is 226 g/mol. The molecule has 0 unspecified atom stereocenters. The molecule has 6 heteroatoms. The van der Waals surface area contributed by atoms with Gasteiger partial charge in [0, 0.05) is 24.2 Å². The van der Waals surface area contributed by atoms with E-state index in [-0.39, 0.29) is 10.6 Å². The van der Waals surface area contributed by atoms with Gasteiger partial charge in [-0.2, -0.15) is 0 Å². The molecule has 0 saturated carbocycles. The van der Waals surface area contributed by atoms with Crippen LogP contribution in [0.25, 0.3) is 0 Å². The second-order valence-corrected chi connectivity index (χ2v) is 4.13. The van der Waals surface area contributed by atoms with Crippen molar-refractivity contribution in [3.05, 3.63) is 44.8 Å². The maximum absolute atomic E-state index is 10.9. The summed E-state index contributed by atoms with van der Waals surface area (Å²) in [5.41, 5.74) is 1.71. The quantitative estimate of drug-likeness (QED) is 0.736. The van der Waals surface area contributed by atoms with Gasteiger partial charge in [0.2, 0.25) is 0 Å². The van der Waals surface area contributed by atoms with Crippen molar-refractivity contribution in [2.75, 3.05) is 0 Å². The number of aromatic hydroxyl groups is 1. The molecule has 0 aromatic carbocycles. The zero-order valence-corrected chi connectivity index (χ0v) is 9.25. The second kappa shape index (κ2) is 4.91. The summed E-state index contributed by atoms with van der Waals surface area (Å²) in [5.74, 6) is 0.158. The van der Waals surface area contributed by atoms with Crippen molar-refractivity contribution in [1.29, 1.82) is 0 Å². The highest BCUT2D eigenvalue weighted by Gasteiger charge is 1.97. The van der Waals surface area contributed by atoms with Gasteiger partial charge >= 0.3 is 4.87 Å². The molecule has 0 amide bonds. The average molecular weight is 237 g/mol. The number of nitrogens with one attached hydrogen (secondary N) is 2. The molecule has 0 aliphatic heterocycles. The van der Waals surface area contributed by atoms with Crippen molar-refractivity contribution >= 4 is 11.3 Å². The molecule has 16 heavy (non-hydrogen) atoms. The van der Waals surface area contributed by atoms with Crippen LogP contribution in [0.2, 0.25) is 0 Å². The Hall–Kier alpha value is -1.66. The van der Waals surface area contributed by atoms with E-state index >= 15 is 0 Å². The van der Waals surface area contributed by atoms with Gasteiger partial charge in [0.05, 0.1) is 11.9 Å². The standard InChI is InChI=1S/C10H11N3O2S/c14-9-2-1-7(12-5-9)3-11-4-8-6-16-10(15)13-8/h1-2,5-6,11,14H,3-4H2,(H,13,15). The number of thiazole rings is 1. The number of aromatic amines is 1. The molecule has 0 bridgehead atoms. The Morgan fingerprint density at radius 2 is 2.31 bits per heavy atom. The predicted molar refractivity (Wildman–Crippen MR) is 61.4 cm³/mol. The SMILES string of the molecule is O=c1[nH]c(CNCc2ccc(O)cn2)cs1. The summed E-state index contributed by atoms with van der Waals surface area (Å²) in [4.78, 5) is 17.6. The zero-order valence-electron chi connectivity index (χ0n) is 8.43. The summed E-state index contributed by atoms with van der Waals surface area (Å²) >= 11 is 1.15. The van der Waals surface area contributed by atoms with Crippen LogP contribution in [-0.4, -0.2) is 15.1 Å². The molecule has 0 atom stereocenters. The summed E-state index contributed by atoms with van der Waals surface area (Å²) in [6.45, 7) is 1.19. The smallest absolute Gasteiger partial charge is 0.304 e. The minimum Gasteiger partial charge on any atom is -0.506 e. The number of rotatable bonds is 4. The third-order valence-corrected chi connectivity index (χ3v) is 2.72. The fourth-order valence-corrected chi connectivity index (χ4v) is 1.83. The highest BCUT2D eigenvalue weighted by molar-refractivity contribution is 7.07. The van der Waals surface area contributed by atoms with Crippen LogP contribution in [0.4, 0.5) is 0 Å². The largest absolute Gasteiger partial charge is 0.506 e. The van der Waals surface area contributed by atoms with E-state index in [2.05, 4.69) is 15.3 Å². The molecule has 84 valence electrons. The highest BCUT2D eigenvalue weighted by Crippen LogP contribution is 2.05. The van der Waals surface area contributed by atoms with E-state index in [1.165, 1.54) is 6.20 Å². The van der Waals surface area contributed by atoms with Gasteiger partial charge in [0.25, 0.3) is 0 Å². The molecule has 0 aliphatic rings. The summed E-state index contributed by atoms with van der Waals surface area (Å²) in [7, 11) is 0. The Bertz CT molecular complexity index is 503. The molecule has 0 fully saturated rings. The second-order valence-electron chi connectivity index (χ2n) is 3.28. The molecular formula is C10H11N3O2S. The molecule has 0 spiro atoms. The van der Waals surface area contributed by atoms with Crippen molar-refractivity contribution < 1.29 is 5.11 Å². The maximum atomic E-state index is 10.9. The normalized spacial score (nSPS) is 10.5. The Kier molecular flexibility index (Phi) is 3.33. The minimum absolute atomic E-state index is 0.0421. The van der Waals surface area contributed by atoms with Gasteiger partial charge in [-0.05, 0) is 12.1 Å². The van der Waals surface area contributed by atoms with E-state index in [0.717, 1.165) is 22.7 Å². The van der Waals surface area contributed by atoms with Gasteiger partial charge in [-0.15, -0.1) is 0 Å².